The van der Waals surface area contributed by atoms with Crippen molar-refractivity contribution in [3.63, 3.8) is 0 Å². The highest BCUT2D eigenvalue weighted by Gasteiger charge is 2.30. The number of aliphatic imine (C=N–C) groups is 1. The van der Waals surface area contributed by atoms with Crippen molar-refractivity contribution < 1.29 is 9.53 Å². The van der Waals surface area contributed by atoms with Crippen LogP contribution in [0.25, 0.3) is 0 Å². The molecule has 0 atom stereocenters. The van der Waals surface area contributed by atoms with Gasteiger partial charge in [-0.15, -0.1) is 0 Å². The lowest BCUT2D eigenvalue weighted by Gasteiger charge is -2.38. The van der Waals surface area contributed by atoms with Gasteiger partial charge in [0.05, 0.1) is 13.1 Å². The Hall–Kier alpha value is -2.28. The Bertz CT molecular complexity index is 709. The van der Waals surface area contributed by atoms with E-state index in [1.54, 1.807) is 0 Å². The van der Waals surface area contributed by atoms with Gasteiger partial charge in [-0.3, -0.25) is 14.7 Å². The van der Waals surface area contributed by atoms with E-state index in [0.717, 1.165) is 76.9 Å². The highest BCUT2D eigenvalue weighted by Crippen LogP contribution is 2.28. The van der Waals surface area contributed by atoms with Gasteiger partial charge < -0.3 is 19.9 Å². The molecule has 0 unspecified atom stereocenters. The molecule has 1 saturated heterocycles. The summed E-state index contributed by atoms with van der Waals surface area (Å²) in [4.78, 5) is 23.8. The molecule has 1 aliphatic heterocycles. The third kappa shape index (κ3) is 7.13. The second-order valence-electron chi connectivity index (χ2n) is 8.61. The van der Waals surface area contributed by atoms with Gasteiger partial charge in [-0.05, 0) is 38.8 Å². The van der Waals surface area contributed by atoms with E-state index >= 15 is 0 Å². The normalized spacial score (nSPS) is 17.9. The molecule has 172 valence electrons. The Kier molecular flexibility index (Phi) is 9.00. The summed E-state index contributed by atoms with van der Waals surface area (Å²) in [5.74, 6) is 2.50. The Balaban J connectivity index is 1.37. The number of carbonyl (C=O) groups excluding carboxylic acids is 1. The first-order chi connectivity index (χ1) is 15.1. The van der Waals surface area contributed by atoms with E-state index in [2.05, 4.69) is 46.0 Å². The fourth-order valence-corrected chi connectivity index (χ4v) is 3.91. The SMILES string of the molecule is CCNC(=NCCN1CCN(C(=O)C2CCC2)CC1)N(C)CCOc1ccc(C)cc1. The fourth-order valence-electron chi connectivity index (χ4n) is 3.91. The van der Waals surface area contributed by atoms with Gasteiger partial charge in [0.25, 0.3) is 0 Å². The zero-order chi connectivity index (χ0) is 22.1. The number of piperazine rings is 1. The van der Waals surface area contributed by atoms with Gasteiger partial charge in [0.15, 0.2) is 5.96 Å². The predicted octanol–water partition coefficient (Wildman–Crippen LogP) is 2.22. The number of aryl methyl sites for hydroxylation is 1. The average molecular weight is 430 g/mol. The number of ether oxygens (including phenoxy) is 1. The summed E-state index contributed by atoms with van der Waals surface area (Å²) in [6.07, 6.45) is 3.39. The van der Waals surface area contributed by atoms with Crippen LogP contribution in [0.2, 0.25) is 0 Å². The van der Waals surface area contributed by atoms with Crippen molar-refractivity contribution in [2.75, 3.05) is 66.0 Å². The first-order valence-corrected chi connectivity index (χ1v) is 11.8. The topological polar surface area (TPSA) is 60.4 Å². The third-order valence-corrected chi connectivity index (χ3v) is 6.23. The van der Waals surface area contributed by atoms with Crippen LogP contribution >= 0.6 is 0 Å². The summed E-state index contributed by atoms with van der Waals surface area (Å²) in [5, 5.41) is 3.37. The number of carbonyl (C=O) groups is 1. The third-order valence-electron chi connectivity index (χ3n) is 6.23. The fraction of sp³-hybridized carbons (Fsp3) is 0.667. The van der Waals surface area contributed by atoms with Gasteiger partial charge >= 0.3 is 0 Å². The van der Waals surface area contributed by atoms with E-state index in [-0.39, 0.29) is 0 Å². The van der Waals surface area contributed by atoms with Gasteiger partial charge in [0.2, 0.25) is 5.91 Å². The van der Waals surface area contributed by atoms with E-state index in [4.69, 9.17) is 9.73 Å². The molecule has 31 heavy (non-hydrogen) atoms. The zero-order valence-corrected chi connectivity index (χ0v) is 19.5. The minimum absolute atomic E-state index is 0.310. The van der Waals surface area contributed by atoms with Crippen molar-refractivity contribution in [2.24, 2.45) is 10.9 Å². The van der Waals surface area contributed by atoms with Crippen molar-refractivity contribution in [2.45, 2.75) is 33.1 Å². The van der Waals surface area contributed by atoms with Crippen LogP contribution in [0.4, 0.5) is 0 Å². The molecule has 0 spiro atoms. The maximum atomic E-state index is 12.4. The molecule has 1 aliphatic carbocycles. The molecular weight excluding hydrogens is 390 g/mol. The molecule has 3 rings (SSSR count). The van der Waals surface area contributed by atoms with Crippen molar-refractivity contribution in [3.05, 3.63) is 29.8 Å². The Morgan fingerprint density at radius 2 is 1.90 bits per heavy atom. The lowest BCUT2D eigenvalue weighted by Crippen LogP contribution is -2.51. The predicted molar refractivity (Wildman–Crippen MR) is 126 cm³/mol. The molecule has 1 aromatic carbocycles. The average Bonchev–Trinajstić information content (AvgIpc) is 2.73. The largest absolute Gasteiger partial charge is 0.492 e. The highest BCUT2D eigenvalue weighted by atomic mass is 16.5. The van der Waals surface area contributed by atoms with E-state index in [0.29, 0.717) is 18.4 Å². The highest BCUT2D eigenvalue weighted by molar-refractivity contribution is 5.80. The van der Waals surface area contributed by atoms with Crippen LogP contribution < -0.4 is 10.1 Å². The molecule has 1 saturated carbocycles. The lowest BCUT2D eigenvalue weighted by molar-refractivity contribution is -0.139. The van der Waals surface area contributed by atoms with Crippen molar-refractivity contribution in [1.82, 2.24) is 20.0 Å². The Labute approximate surface area is 187 Å². The summed E-state index contributed by atoms with van der Waals surface area (Å²) in [7, 11) is 2.05. The number of nitrogens with one attached hydrogen (secondary N) is 1. The second-order valence-corrected chi connectivity index (χ2v) is 8.61. The first kappa shape index (κ1) is 23.4. The van der Waals surface area contributed by atoms with Gasteiger partial charge in [-0.1, -0.05) is 24.1 Å². The maximum Gasteiger partial charge on any atom is 0.225 e. The summed E-state index contributed by atoms with van der Waals surface area (Å²) in [5.41, 5.74) is 1.23. The van der Waals surface area contributed by atoms with E-state index in [9.17, 15) is 4.79 Å². The van der Waals surface area contributed by atoms with Crippen LogP contribution in [0.15, 0.2) is 29.3 Å². The number of likely N-dealkylation sites (N-methyl/N-ethyl adjacent to an activating group) is 1. The standard InChI is InChI=1S/C24H39N5O2/c1-4-25-24(27(3)18-19-31-22-10-8-20(2)9-11-22)26-12-13-28-14-16-29(17-15-28)23(30)21-6-5-7-21/h8-11,21H,4-7,12-19H2,1-3H3,(H,25,26). The smallest absolute Gasteiger partial charge is 0.225 e. The zero-order valence-electron chi connectivity index (χ0n) is 19.5. The molecule has 7 nitrogen and oxygen atoms in total. The number of benzene rings is 1. The van der Waals surface area contributed by atoms with Crippen molar-refractivity contribution >= 4 is 11.9 Å². The molecule has 1 N–H and O–H groups in total. The number of rotatable bonds is 9. The molecule has 1 aromatic rings. The lowest BCUT2D eigenvalue weighted by atomic mass is 9.84. The number of hydrogen-bond donors (Lipinski definition) is 1. The number of nitrogens with zero attached hydrogens (tertiary/aromatic N) is 4. The second kappa shape index (κ2) is 11.9. The van der Waals surface area contributed by atoms with Gasteiger partial charge in [-0.25, -0.2) is 0 Å². The molecule has 2 aliphatic rings. The first-order valence-electron chi connectivity index (χ1n) is 11.8. The summed E-state index contributed by atoms with van der Waals surface area (Å²) < 4.78 is 5.85. The summed E-state index contributed by atoms with van der Waals surface area (Å²) in [6, 6.07) is 8.14. The molecule has 1 heterocycles. The van der Waals surface area contributed by atoms with Gasteiger partial charge in [0.1, 0.15) is 12.4 Å². The van der Waals surface area contributed by atoms with E-state index < -0.39 is 0 Å². The van der Waals surface area contributed by atoms with Crippen LogP contribution in [0.3, 0.4) is 0 Å². The number of hydrogen-bond acceptors (Lipinski definition) is 4. The Morgan fingerprint density at radius 3 is 2.52 bits per heavy atom. The quantitative estimate of drug-likeness (QED) is 0.482. The minimum atomic E-state index is 0.310. The van der Waals surface area contributed by atoms with Crippen LogP contribution in [0, 0.1) is 12.8 Å². The van der Waals surface area contributed by atoms with Gasteiger partial charge in [0, 0.05) is 52.2 Å². The van der Waals surface area contributed by atoms with Gasteiger partial charge in [-0.2, -0.15) is 0 Å². The van der Waals surface area contributed by atoms with Crippen LogP contribution in [0.1, 0.15) is 31.7 Å². The maximum absolute atomic E-state index is 12.4. The molecule has 7 heteroatoms. The molecule has 0 bridgehead atoms. The molecular formula is C24H39N5O2. The Morgan fingerprint density at radius 1 is 1.19 bits per heavy atom. The van der Waals surface area contributed by atoms with E-state index in [1.807, 2.05) is 19.2 Å². The monoisotopic (exact) mass is 429 g/mol. The van der Waals surface area contributed by atoms with Crippen molar-refractivity contribution in [3.8, 4) is 5.75 Å². The van der Waals surface area contributed by atoms with Crippen LogP contribution in [0.5, 0.6) is 5.75 Å². The molecule has 1 amide bonds. The summed E-state index contributed by atoms with van der Waals surface area (Å²) >= 11 is 0. The number of guanidine groups is 1. The number of amides is 1. The van der Waals surface area contributed by atoms with Crippen molar-refractivity contribution in [1.29, 1.82) is 0 Å². The molecule has 2 fully saturated rings. The van der Waals surface area contributed by atoms with Crippen LogP contribution in [-0.2, 0) is 4.79 Å². The van der Waals surface area contributed by atoms with E-state index in [1.165, 1.54) is 12.0 Å². The van der Waals surface area contributed by atoms with Crippen LogP contribution in [-0.4, -0.2) is 92.6 Å². The molecule has 0 aromatic heterocycles. The molecule has 0 radical (unpaired) electrons. The summed E-state index contributed by atoms with van der Waals surface area (Å²) in [6.45, 7) is 11.7. The minimum Gasteiger partial charge on any atom is -0.492 e.